The van der Waals surface area contributed by atoms with Gasteiger partial charge in [-0.3, -0.25) is 0 Å². The molecular formula is C8H16N2O. The van der Waals surface area contributed by atoms with Gasteiger partial charge in [-0.15, -0.1) is 0 Å². The van der Waals surface area contributed by atoms with Crippen molar-refractivity contribution in [3.8, 4) is 0 Å². The van der Waals surface area contributed by atoms with Crippen molar-refractivity contribution in [2.75, 3.05) is 26.2 Å². The Bertz CT molecular complexity index is 162. The summed E-state index contributed by atoms with van der Waals surface area (Å²) in [5, 5.41) is 10.0. The van der Waals surface area contributed by atoms with E-state index in [2.05, 4.69) is 4.90 Å². The average Bonchev–Trinajstić information content (AvgIpc) is 2.25. The van der Waals surface area contributed by atoms with E-state index in [-0.39, 0.29) is 0 Å². The van der Waals surface area contributed by atoms with Crippen LogP contribution in [0.2, 0.25) is 0 Å². The number of piperidine rings is 1. The molecule has 2 bridgehead atoms. The van der Waals surface area contributed by atoms with Gasteiger partial charge in [-0.2, -0.15) is 0 Å². The number of nitrogens with zero attached hydrogens (tertiary/aromatic N) is 1. The van der Waals surface area contributed by atoms with Gasteiger partial charge in [-0.25, -0.2) is 0 Å². The zero-order chi connectivity index (χ0) is 7.90. The molecule has 0 aromatic heterocycles. The van der Waals surface area contributed by atoms with Crippen molar-refractivity contribution in [2.45, 2.75) is 18.4 Å². The lowest BCUT2D eigenvalue weighted by molar-refractivity contribution is 0.0233. The third kappa shape index (κ3) is 1.08. The summed E-state index contributed by atoms with van der Waals surface area (Å²) in [6.07, 6.45) is 2.39. The number of nitrogens with two attached hydrogens (primary N) is 1. The summed E-state index contributed by atoms with van der Waals surface area (Å²) in [5.74, 6) is 0.446. The minimum absolute atomic E-state index is 0.425. The first-order valence-electron chi connectivity index (χ1n) is 4.39. The van der Waals surface area contributed by atoms with Gasteiger partial charge in [0.25, 0.3) is 0 Å². The fourth-order valence-electron chi connectivity index (χ4n) is 2.39. The number of fused-ring (bicyclic) bond motifs is 2. The van der Waals surface area contributed by atoms with Crippen LogP contribution in [0.4, 0.5) is 0 Å². The monoisotopic (exact) mass is 156 g/mol. The van der Waals surface area contributed by atoms with Gasteiger partial charge >= 0.3 is 0 Å². The molecule has 2 aliphatic rings. The van der Waals surface area contributed by atoms with E-state index in [0.717, 1.165) is 26.1 Å². The average molecular weight is 156 g/mol. The van der Waals surface area contributed by atoms with Crippen molar-refractivity contribution in [2.24, 2.45) is 11.7 Å². The van der Waals surface area contributed by atoms with Gasteiger partial charge in [-0.05, 0) is 19.4 Å². The van der Waals surface area contributed by atoms with E-state index in [0.29, 0.717) is 12.5 Å². The Hall–Kier alpha value is -0.120. The number of hydrogen-bond acceptors (Lipinski definition) is 3. The molecule has 2 heterocycles. The van der Waals surface area contributed by atoms with E-state index in [1.165, 1.54) is 6.42 Å². The second-order valence-electron chi connectivity index (χ2n) is 3.88. The minimum Gasteiger partial charge on any atom is -0.387 e. The van der Waals surface area contributed by atoms with Crippen molar-refractivity contribution < 1.29 is 5.11 Å². The predicted octanol–water partition coefficient (Wildman–Crippen LogP) is -0.598. The third-order valence-corrected chi connectivity index (χ3v) is 3.12. The molecule has 64 valence electrons. The standard InChI is InChI=1S/C8H16N2O/c9-5-8(11)6-10-3-1-2-7(8)4-10/h7,11H,1-6,9H2/t7-,8+/m1/s1. The quantitative estimate of drug-likeness (QED) is 0.533. The number of hydrogen-bond donors (Lipinski definition) is 2. The lowest BCUT2D eigenvalue weighted by atomic mass is 9.87. The molecule has 0 amide bonds. The molecule has 0 aromatic carbocycles. The van der Waals surface area contributed by atoms with Gasteiger partial charge in [0.05, 0.1) is 5.60 Å². The molecule has 1 unspecified atom stereocenters. The second-order valence-corrected chi connectivity index (χ2v) is 3.88. The molecule has 0 aliphatic carbocycles. The molecule has 3 atom stereocenters. The first-order chi connectivity index (χ1) is 5.24. The van der Waals surface area contributed by atoms with Crippen LogP contribution >= 0.6 is 0 Å². The largest absolute Gasteiger partial charge is 0.387 e. The van der Waals surface area contributed by atoms with Crippen molar-refractivity contribution in [3.05, 3.63) is 0 Å². The Morgan fingerprint density at radius 1 is 1.64 bits per heavy atom. The zero-order valence-electron chi connectivity index (χ0n) is 6.79. The molecule has 3 heteroatoms. The maximum Gasteiger partial charge on any atom is 0.0935 e. The van der Waals surface area contributed by atoms with E-state index in [9.17, 15) is 5.11 Å². The Morgan fingerprint density at radius 2 is 2.45 bits per heavy atom. The summed E-state index contributed by atoms with van der Waals surface area (Å²) in [4.78, 5) is 2.32. The van der Waals surface area contributed by atoms with E-state index in [1.807, 2.05) is 0 Å². The first kappa shape index (κ1) is 7.53. The number of aliphatic hydroxyl groups is 1. The molecule has 0 radical (unpaired) electrons. The van der Waals surface area contributed by atoms with Crippen LogP contribution in [-0.2, 0) is 0 Å². The highest BCUT2D eigenvalue weighted by Crippen LogP contribution is 2.34. The predicted molar refractivity (Wildman–Crippen MR) is 43.2 cm³/mol. The van der Waals surface area contributed by atoms with Crippen molar-refractivity contribution in [3.63, 3.8) is 0 Å². The van der Waals surface area contributed by atoms with E-state index >= 15 is 0 Å². The summed E-state index contributed by atoms with van der Waals surface area (Å²) in [5.41, 5.74) is 4.99. The zero-order valence-corrected chi connectivity index (χ0v) is 6.79. The normalized spacial score (nSPS) is 49.6. The molecule has 0 spiro atoms. The Morgan fingerprint density at radius 3 is 3.09 bits per heavy atom. The minimum atomic E-state index is -0.559. The van der Waals surface area contributed by atoms with Crippen molar-refractivity contribution in [1.82, 2.24) is 4.90 Å². The summed E-state index contributed by atoms with van der Waals surface area (Å²) in [6, 6.07) is 0. The Balaban J connectivity index is 2.14. The van der Waals surface area contributed by atoms with Crippen LogP contribution in [0.25, 0.3) is 0 Å². The molecule has 2 rings (SSSR count). The molecule has 2 saturated heterocycles. The summed E-state index contributed by atoms with van der Waals surface area (Å²) < 4.78 is 0. The van der Waals surface area contributed by atoms with Crippen molar-refractivity contribution >= 4 is 0 Å². The maximum absolute atomic E-state index is 10.0. The van der Waals surface area contributed by atoms with Gasteiger partial charge < -0.3 is 15.7 Å². The summed E-state index contributed by atoms with van der Waals surface area (Å²) in [6.45, 7) is 3.44. The van der Waals surface area contributed by atoms with Gasteiger partial charge in [-0.1, -0.05) is 0 Å². The van der Waals surface area contributed by atoms with Crippen LogP contribution in [0.1, 0.15) is 12.8 Å². The molecule has 2 fully saturated rings. The highest BCUT2D eigenvalue weighted by molar-refractivity contribution is 5.00. The van der Waals surface area contributed by atoms with Gasteiger partial charge in [0.15, 0.2) is 0 Å². The van der Waals surface area contributed by atoms with Gasteiger partial charge in [0, 0.05) is 25.6 Å². The first-order valence-corrected chi connectivity index (χ1v) is 4.39. The van der Waals surface area contributed by atoms with Crippen LogP contribution in [-0.4, -0.2) is 41.8 Å². The summed E-state index contributed by atoms with van der Waals surface area (Å²) in [7, 11) is 0. The highest BCUT2D eigenvalue weighted by atomic mass is 16.3. The van der Waals surface area contributed by atoms with Crippen LogP contribution in [0, 0.1) is 5.92 Å². The van der Waals surface area contributed by atoms with Crippen LogP contribution in [0.5, 0.6) is 0 Å². The molecule has 2 aliphatic heterocycles. The molecule has 3 nitrogen and oxygen atoms in total. The molecule has 0 aromatic rings. The topological polar surface area (TPSA) is 49.5 Å². The molecule has 0 saturated carbocycles. The SMILES string of the molecule is NC[C@]1(O)CN2CCC[C@@H]1C2. The smallest absolute Gasteiger partial charge is 0.0935 e. The van der Waals surface area contributed by atoms with Crippen LogP contribution in [0.3, 0.4) is 0 Å². The molecule has 11 heavy (non-hydrogen) atoms. The second kappa shape index (κ2) is 2.44. The summed E-state index contributed by atoms with van der Waals surface area (Å²) >= 11 is 0. The van der Waals surface area contributed by atoms with E-state index < -0.39 is 5.60 Å². The van der Waals surface area contributed by atoms with Crippen LogP contribution < -0.4 is 5.73 Å². The fraction of sp³-hybridized carbons (Fsp3) is 1.00. The number of rotatable bonds is 1. The highest BCUT2D eigenvalue weighted by Gasteiger charge is 2.45. The lowest BCUT2D eigenvalue weighted by Crippen LogP contribution is -2.44. The molecular weight excluding hydrogens is 140 g/mol. The van der Waals surface area contributed by atoms with E-state index in [4.69, 9.17) is 5.73 Å². The fourth-order valence-corrected chi connectivity index (χ4v) is 2.39. The lowest BCUT2D eigenvalue weighted by Gasteiger charge is -2.26. The van der Waals surface area contributed by atoms with E-state index in [1.54, 1.807) is 0 Å². The van der Waals surface area contributed by atoms with Crippen molar-refractivity contribution in [1.29, 1.82) is 0 Å². The Labute approximate surface area is 67.2 Å². The Kier molecular flexibility index (Phi) is 1.67. The molecule has 3 N–H and O–H groups in total. The third-order valence-electron chi connectivity index (χ3n) is 3.12. The van der Waals surface area contributed by atoms with Gasteiger partial charge in [0.1, 0.15) is 0 Å². The van der Waals surface area contributed by atoms with Crippen LogP contribution in [0.15, 0.2) is 0 Å². The van der Waals surface area contributed by atoms with Gasteiger partial charge in [0.2, 0.25) is 0 Å². The maximum atomic E-state index is 10.0.